The van der Waals surface area contributed by atoms with E-state index in [9.17, 15) is 9.59 Å². The fraction of sp³-hybridized carbons (Fsp3) is 0.188. The number of halogens is 1. The number of carbonyl (C=O) groups is 2. The lowest BCUT2D eigenvalue weighted by Crippen LogP contribution is -2.15. The molecule has 0 aliphatic heterocycles. The highest BCUT2D eigenvalue weighted by Crippen LogP contribution is 2.24. The van der Waals surface area contributed by atoms with Crippen LogP contribution in [0.1, 0.15) is 20.7 Å². The summed E-state index contributed by atoms with van der Waals surface area (Å²) in [6, 6.07) is 7.73. The molecule has 120 valence electrons. The first kappa shape index (κ1) is 16.8. The highest BCUT2D eigenvalue weighted by Gasteiger charge is 2.16. The highest BCUT2D eigenvalue weighted by molar-refractivity contribution is 6.29. The Bertz CT molecular complexity index is 715. The summed E-state index contributed by atoms with van der Waals surface area (Å²) < 4.78 is 15.2. The van der Waals surface area contributed by atoms with Crippen LogP contribution in [0.3, 0.4) is 0 Å². The van der Waals surface area contributed by atoms with Crippen molar-refractivity contribution in [1.82, 2.24) is 4.98 Å². The second-order valence-corrected chi connectivity index (χ2v) is 4.82. The van der Waals surface area contributed by atoms with E-state index in [0.29, 0.717) is 11.5 Å². The van der Waals surface area contributed by atoms with Crippen LogP contribution < -0.4 is 9.47 Å². The predicted molar refractivity (Wildman–Crippen MR) is 83.4 cm³/mol. The van der Waals surface area contributed by atoms with Gasteiger partial charge >= 0.3 is 5.97 Å². The number of pyridine rings is 1. The van der Waals surface area contributed by atoms with Crippen LogP contribution in [-0.2, 0) is 4.74 Å². The molecule has 0 atom stereocenters. The number of carbonyl (C=O) groups excluding carboxylic acids is 2. The lowest BCUT2D eigenvalue weighted by Gasteiger charge is -2.10. The molecular weight excluding hydrogens is 322 g/mol. The molecule has 0 aliphatic rings. The van der Waals surface area contributed by atoms with E-state index in [4.69, 9.17) is 25.8 Å². The van der Waals surface area contributed by atoms with Crippen LogP contribution in [0.4, 0.5) is 0 Å². The van der Waals surface area contributed by atoms with Gasteiger partial charge in [-0.2, -0.15) is 0 Å². The largest absolute Gasteiger partial charge is 0.497 e. The van der Waals surface area contributed by atoms with E-state index < -0.39 is 18.4 Å². The second-order valence-electron chi connectivity index (χ2n) is 4.44. The molecule has 0 spiro atoms. The number of benzene rings is 1. The monoisotopic (exact) mass is 335 g/mol. The zero-order valence-corrected chi connectivity index (χ0v) is 13.3. The van der Waals surface area contributed by atoms with Gasteiger partial charge in [0.25, 0.3) is 0 Å². The van der Waals surface area contributed by atoms with Crippen LogP contribution in [0.25, 0.3) is 0 Å². The Morgan fingerprint density at radius 3 is 2.52 bits per heavy atom. The van der Waals surface area contributed by atoms with Gasteiger partial charge in [-0.25, -0.2) is 9.78 Å². The molecule has 0 bridgehead atoms. The SMILES string of the molecule is COc1ccc(OC)c(C(=O)COC(=O)c2ccc(Cl)nc2)c1. The number of hydrogen-bond acceptors (Lipinski definition) is 6. The molecule has 2 aromatic rings. The minimum atomic E-state index is -0.663. The van der Waals surface area contributed by atoms with E-state index in [1.807, 2.05) is 0 Å². The van der Waals surface area contributed by atoms with Crippen LogP contribution in [0.2, 0.25) is 5.15 Å². The third-order valence-electron chi connectivity index (χ3n) is 3.00. The van der Waals surface area contributed by atoms with Gasteiger partial charge in [-0.15, -0.1) is 0 Å². The van der Waals surface area contributed by atoms with Gasteiger partial charge in [-0.1, -0.05) is 11.6 Å². The van der Waals surface area contributed by atoms with Crippen LogP contribution in [-0.4, -0.2) is 37.6 Å². The number of ketones is 1. The van der Waals surface area contributed by atoms with Crippen molar-refractivity contribution in [1.29, 1.82) is 0 Å². The van der Waals surface area contributed by atoms with E-state index in [0.717, 1.165) is 0 Å². The number of aromatic nitrogens is 1. The van der Waals surface area contributed by atoms with Crippen LogP contribution in [0, 0.1) is 0 Å². The summed E-state index contributed by atoms with van der Waals surface area (Å²) in [7, 11) is 2.94. The Balaban J connectivity index is 2.07. The third kappa shape index (κ3) is 4.20. The molecule has 0 unspecified atom stereocenters. The van der Waals surface area contributed by atoms with Gasteiger partial charge in [0.1, 0.15) is 16.7 Å². The van der Waals surface area contributed by atoms with Gasteiger partial charge in [-0.05, 0) is 30.3 Å². The van der Waals surface area contributed by atoms with Gasteiger partial charge in [0, 0.05) is 6.20 Å². The smallest absolute Gasteiger partial charge is 0.340 e. The number of nitrogens with zero attached hydrogens (tertiary/aromatic N) is 1. The molecule has 0 aliphatic carbocycles. The molecule has 0 saturated carbocycles. The maximum Gasteiger partial charge on any atom is 0.340 e. The van der Waals surface area contributed by atoms with Crippen molar-refractivity contribution in [2.24, 2.45) is 0 Å². The average Bonchev–Trinajstić information content (AvgIpc) is 2.59. The van der Waals surface area contributed by atoms with E-state index in [2.05, 4.69) is 4.98 Å². The summed E-state index contributed by atoms with van der Waals surface area (Å²) in [5.74, 6) is -0.192. The van der Waals surface area contributed by atoms with Crippen molar-refractivity contribution >= 4 is 23.4 Å². The molecular formula is C16H14ClNO5. The first-order valence-corrected chi connectivity index (χ1v) is 6.97. The van der Waals surface area contributed by atoms with Crippen molar-refractivity contribution in [3.63, 3.8) is 0 Å². The molecule has 6 nitrogen and oxygen atoms in total. The quantitative estimate of drug-likeness (QED) is 0.459. The van der Waals surface area contributed by atoms with Crippen molar-refractivity contribution < 1.29 is 23.8 Å². The van der Waals surface area contributed by atoms with Crippen molar-refractivity contribution in [2.45, 2.75) is 0 Å². The first-order chi connectivity index (χ1) is 11.0. The molecule has 0 N–H and O–H groups in total. The lowest BCUT2D eigenvalue weighted by molar-refractivity contribution is 0.0473. The van der Waals surface area contributed by atoms with Crippen molar-refractivity contribution in [3.05, 3.63) is 52.8 Å². The number of rotatable bonds is 6. The van der Waals surface area contributed by atoms with E-state index in [1.54, 1.807) is 12.1 Å². The van der Waals surface area contributed by atoms with Gasteiger partial charge in [0.05, 0.1) is 25.3 Å². The zero-order chi connectivity index (χ0) is 16.8. The molecule has 0 fully saturated rings. The Kier molecular flexibility index (Phi) is 5.54. The number of ether oxygens (including phenoxy) is 3. The maximum atomic E-state index is 12.2. The fourth-order valence-electron chi connectivity index (χ4n) is 1.82. The highest BCUT2D eigenvalue weighted by atomic mass is 35.5. The van der Waals surface area contributed by atoms with E-state index >= 15 is 0 Å². The van der Waals surface area contributed by atoms with Gasteiger partial charge in [0.2, 0.25) is 5.78 Å². The van der Waals surface area contributed by atoms with Crippen molar-refractivity contribution in [3.8, 4) is 11.5 Å². The van der Waals surface area contributed by atoms with Crippen LogP contribution >= 0.6 is 11.6 Å². The normalized spacial score (nSPS) is 10.0. The summed E-state index contributed by atoms with van der Waals surface area (Å²) in [6.07, 6.45) is 1.28. The van der Waals surface area contributed by atoms with Crippen LogP contribution in [0.15, 0.2) is 36.5 Å². The number of Topliss-reactive ketones (excluding diaryl/α,β-unsaturated/α-hetero) is 1. The van der Waals surface area contributed by atoms with E-state index in [1.165, 1.54) is 38.6 Å². The van der Waals surface area contributed by atoms with E-state index in [-0.39, 0.29) is 16.3 Å². The van der Waals surface area contributed by atoms with Gasteiger partial charge < -0.3 is 14.2 Å². The fourth-order valence-corrected chi connectivity index (χ4v) is 1.93. The average molecular weight is 336 g/mol. The number of methoxy groups -OCH3 is 2. The molecule has 1 aromatic carbocycles. The minimum Gasteiger partial charge on any atom is -0.497 e. The number of esters is 1. The lowest BCUT2D eigenvalue weighted by atomic mass is 10.1. The predicted octanol–water partition coefficient (Wildman–Crippen LogP) is 2.79. The summed E-state index contributed by atoms with van der Waals surface area (Å²) in [5, 5.41) is 0.263. The Morgan fingerprint density at radius 1 is 1.13 bits per heavy atom. The van der Waals surface area contributed by atoms with Gasteiger partial charge in [-0.3, -0.25) is 4.79 Å². The summed E-state index contributed by atoms with van der Waals surface area (Å²) in [4.78, 5) is 27.9. The zero-order valence-electron chi connectivity index (χ0n) is 12.5. The Morgan fingerprint density at radius 2 is 1.91 bits per heavy atom. The first-order valence-electron chi connectivity index (χ1n) is 6.59. The van der Waals surface area contributed by atoms with Crippen molar-refractivity contribution in [2.75, 3.05) is 20.8 Å². The topological polar surface area (TPSA) is 74.7 Å². The second kappa shape index (κ2) is 7.60. The van der Waals surface area contributed by atoms with Crippen LogP contribution in [0.5, 0.6) is 11.5 Å². The molecule has 7 heteroatoms. The van der Waals surface area contributed by atoms with Gasteiger partial charge in [0.15, 0.2) is 6.61 Å². The minimum absolute atomic E-state index is 0.208. The molecule has 2 rings (SSSR count). The summed E-state index contributed by atoms with van der Waals surface area (Å²) in [5.41, 5.74) is 0.480. The number of hydrogen-bond donors (Lipinski definition) is 0. The summed E-state index contributed by atoms with van der Waals surface area (Å²) >= 11 is 5.64. The third-order valence-corrected chi connectivity index (χ3v) is 3.23. The molecule has 1 aromatic heterocycles. The standard InChI is InChI=1S/C16H14ClNO5/c1-21-11-4-5-14(22-2)12(7-11)13(19)9-23-16(20)10-3-6-15(17)18-8-10/h3-8H,9H2,1-2H3. The Hall–Kier alpha value is -2.60. The molecule has 0 saturated heterocycles. The molecule has 0 amide bonds. The molecule has 23 heavy (non-hydrogen) atoms. The summed E-state index contributed by atoms with van der Waals surface area (Å²) in [6.45, 7) is -0.426. The molecule has 1 heterocycles. The Labute approximate surface area is 137 Å². The molecule has 0 radical (unpaired) electrons. The maximum absolute atomic E-state index is 12.2.